The van der Waals surface area contributed by atoms with Gasteiger partial charge in [-0.15, -0.1) is 0 Å². The number of anilines is 1. The summed E-state index contributed by atoms with van der Waals surface area (Å²) in [6.45, 7) is 3.21. The second-order valence-corrected chi connectivity index (χ2v) is 9.53. The van der Waals surface area contributed by atoms with E-state index in [0.29, 0.717) is 32.0 Å². The molecule has 2 heterocycles. The number of morpholine rings is 1. The van der Waals surface area contributed by atoms with Gasteiger partial charge in [0.05, 0.1) is 18.1 Å². The number of rotatable bonds is 6. The van der Waals surface area contributed by atoms with Crippen LogP contribution in [0.15, 0.2) is 59.5 Å². The van der Waals surface area contributed by atoms with Crippen molar-refractivity contribution in [2.75, 3.05) is 44.7 Å². The molecular formula is C22H27N3O4S. The molecule has 0 saturated carbocycles. The van der Waals surface area contributed by atoms with Gasteiger partial charge in [0.15, 0.2) is 0 Å². The van der Waals surface area contributed by atoms with E-state index in [0.717, 1.165) is 31.5 Å². The molecule has 1 atom stereocenters. The number of likely N-dealkylation sites (tertiary alicyclic amines) is 1. The lowest BCUT2D eigenvalue weighted by atomic mass is 10.0. The average molecular weight is 430 g/mol. The molecule has 1 amide bonds. The number of carbonyl (C=O) groups excluding carboxylic acids is 1. The fraction of sp³-hybridized carbons (Fsp3) is 0.409. The molecule has 2 aromatic carbocycles. The van der Waals surface area contributed by atoms with Gasteiger partial charge in [0.25, 0.3) is 0 Å². The third-order valence-corrected chi connectivity index (χ3v) is 7.47. The van der Waals surface area contributed by atoms with Crippen LogP contribution in [0.1, 0.15) is 24.4 Å². The maximum Gasteiger partial charge on any atom is 0.246 e. The van der Waals surface area contributed by atoms with E-state index in [1.165, 1.54) is 10.4 Å². The molecule has 0 bridgehead atoms. The second-order valence-electron chi connectivity index (χ2n) is 7.59. The van der Waals surface area contributed by atoms with Crippen molar-refractivity contribution in [1.29, 1.82) is 0 Å². The minimum absolute atomic E-state index is 0.149. The zero-order valence-corrected chi connectivity index (χ0v) is 17.7. The van der Waals surface area contributed by atoms with Crippen LogP contribution in [-0.2, 0) is 19.6 Å². The van der Waals surface area contributed by atoms with Crippen molar-refractivity contribution in [2.45, 2.75) is 23.8 Å². The fourth-order valence-corrected chi connectivity index (χ4v) is 5.50. The Morgan fingerprint density at radius 1 is 0.933 bits per heavy atom. The molecule has 0 aliphatic carbocycles. The van der Waals surface area contributed by atoms with Crippen molar-refractivity contribution in [1.82, 2.24) is 9.21 Å². The van der Waals surface area contributed by atoms with E-state index in [2.05, 4.69) is 10.2 Å². The molecule has 2 aliphatic heterocycles. The molecule has 0 spiro atoms. The minimum Gasteiger partial charge on any atom is -0.379 e. The number of benzene rings is 2. The molecule has 30 heavy (non-hydrogen) atoms. The number of ether oxygens (including phenoxy) is 1. The molecule has 8 heteroatoms. The van der Waals surface area contributed by atoms with E-state index in [-0.39, 0.29) is 10.8 Å². The third kappa shape index (κ3) is 4.57. The first-order chi connectivity index (χ1) is 14.6. The highest BCUT2D eigenvalue weighted by Crippen LogP contribution is 2.27. The van der Waals surface area contributed by atoms with Gasteiger partial charge in [0.2, 0.25) is 15.9 Å². The Morgan fingerprint density at radius 2 is 1.63 bits per heavy atom. The first-order valence-electron chi connectivity index (χ1n) is 10.3. The molecule has 1 N–H and O–H groups in total. The van der Waals surface area contributed by atoms with Crippen LogP contribution in [0.3, 0.4) is 0 Å². The summed E-state index contributed by atoms with van der Waals surface area (Å²) in [5.74, 6) is -0.149. The number of hydrogen-bond donors (Lipinski definition) is 1. The Bertz CT molecular complexity index is 969. The van der Waals surface area contributed by atoms with Crippen molar-refractivity contribution in [3.05, 3.63) is 60.2 Å². The quantitative estimate of drug-likeness (QED) is 0.763. The van der Waals surface area contributed by atoms with Gasteiger partial charge in [-0.2, -0.15) is 4.31 Å². The minimum atomic E-state index is -3.62. The summed E-state index contributed by atoms with van der Waals surface area (Å²) in [7, 11) is -3.62. The lowest BCUT2D eigenvalue weighted by Gasteiger charge is -2.27. The smallest absolute Gasteiger partial charge is 0.246 e. The average Bonchev–Trinajstić information content (AvgIpc) is 3.30. The molecule has 2 aliphatic rings. The highest BCUT2D eigenvalue weighted by molar-refractivity contribution is 7.89. The summed E-state index contributed by atoms with van der Waals surface area (Å²) in [6.07, 6.45) is 2.15. The zero-order valence-electron chi connectivity index (χ0n) is 16.9. The number of carbonyl (C=O) groups is 1. The van der Waals surface area contributed by atoms with E-state index < -0.39 is 16.1 Å². The second kappa shape index (κ2) is 9.26. The molecule has 2 fully saturated rings. The van der Waals surface area contributed by atoms with Crippen LogP contribution < -0.4 is 5.32 Å². The van der Waals surface area contributed by atoms with Crippen LogP contribution in [0.4, 0.5) is 5.69 Å². The largest absolute Gasteiger partial charge is 0.379 e. The first kappa shape index (κ1) is 21.0. The lowest BCUT2D eigenvalue weighted by Crippen LogP contribution is -2.40. The summed E-state index contributed by atoms with van der Waals surface area (Å²) in [5.41, 5.74) is 1.42. The van der Waals surface area contributed by atoms with Gasteiger partial charge in [0, 0.05) is 18.8 Å². The lowest BCUT2D eigenvalue weighted by molar-refractivity contribution is -0.121. The van der Waals surface area contributed by atoms with Crippen LogP contribution >= 0.6 is 0 Å². The molecule has 4 rings (SSSR count). The third-order valence-electron chi connectivity index (χ3n) is 5.58. The number of hydrogen-bond acceptors (Lipinski definition) is 5. The first-order valence-corrected chi connectivity index (χ1v) is 11.8. The van der Waals surface area contributed by atoms with Crippen LogP contribution in [0.5, 0.6) is 0 Å². The van der Waals surface area contributed by atoms with Gasteiger partial charge in [-0.25, -0.2) is 8.42 Å². The van der Waals surface area contributed by atoms with Crippen molar-refractivity contribution in [3.63, 3.8) is 0 Å². The van der Waals surface area contributed by atoms with Crippen molar-refractivity contribution in [3.8, 4) is 0 Å². The van der Waals surface area contributed by atoms with E-state index >= 15 is 0 Å². The van der Waals surface area contributed by atoms with Gasteiger partial charge in [0.1, 0.15) is 6.04 Å². The Morgan fingerprint density at radius 3 is 2.33 bits per heavy atom. The van der Waals surface area contributed by atoms with E-state index in [1.807, 2.05) is 30.3 Å². The standard InChI is InChI=1S/C22H27N3O4S/c26-22(21(24-11-4-5-12-24)18-7-2-1-3-8-18)23-19-9-6-10-20(17-19)30(27,28)25-13-15-29-16-14-25/h1-3,6-10,17,21H,4-5,11-16H2,(H,23,26). The molecule has 1 unspecified atom stereocenters. The molecule has 0 radical (unpaired) electrons. The molecule has 2 saturated heterocycles. The number of sulfonamides is 1. The SMILES string of the molecule is O=C(Nc1cccc(S(=O)(=O)N2CCOCC2)c1)C(c1ccccc1)N1CCCC1. The Kier molecular flexibility index (Phi) is 6.48. The summed E-state index contributed by atoms with van der Waals surface area (Å²) in [6, 6.07) is 15.8. The van der Waals surface area contributed by atoms with Gasteiger partial charge < -0.3 is 10.1 Å². The number of nitrogens with zero attached hydrogens (tertiary/aromatic N) is 2. The monoisotopic (exact) mass is 429 g/mol. The van der Waals surface area contributed by atoms with Gasteiger partial charge in [-0.05, 0) is 49.7 Å². The number of nitrogens with one attached hydrogen (secondary N) is 1. The summed E-state index contributed by atoms with van der Waals surface area (Å²) >= 11 is 0. The van der Waals surface area contributed by atoms with Crippen LogP contribution in [0.2, 0.25) is 0 Å². The maximum atomic E-state index is 13.2. The van der Waals surface area contributed by atoms with E-state index in [1.54, 1.807) is 18.2 Å². The Hall–Kier alpha value is -2.26. The van der Waals surface area contributed by atoms with E-state index in [9.17, 15) is 13.2 Å². The topological polar surface area (TPSA) is 79.0 Å². The molecule has 0 aromatic heterocycles. The number of amides is 1. The summed E-state index contributed by atoms with van der Waals surface area (Å²) in [4.78, 5) is 15.6. The van der Waals surface area contributed by atoms with Crippen LogP contribution in [-0.4, -0.2) is 62.9 Å². The molecule has 7 nitrogen and oxygen atoms in total. The van der Waals surface area contributed by atoms with Crippen LogP contribution in [0.25, 0.3) is 0 Å². The maximum absolute atomic E-state index is 13.2. The van der Waals surface area contributed by atoms with Crippen molar-refractivity contribution in [2.24, 2.45) is 0 Å². The highest BCUT2D eigenvalue weighted by atomic mass is 32.2. The van der Waals surface area contributed by atoms with Crippen molar-refractivity contribution >= 4 is 21.6 Å². The molecule has 160 valence electrons. The Labute approximate surface area is 177 Å². The predicted octanol–water partition coefficient (Wildman–Crippen LogP) is 2.48. The highest BCUT2D eigenvalue weighted by Gasteiger charge is 2.30. The van der Waals surface area contributed by atoms with Gasteiger partial charge in [-0.1, -0.05) is 36.4 Å². The Balaban J connectivity index is 1.55. The summed E-state index contributed by atoms with van der Waals surface area (Å²) < 4.78 is 32.6. The van der Waals surface area contributed by atoms with Gasteiger partial charge in [-0.3, -0.25) is 9.69 Å². The van der Waals surface area contributed by atoms with Crippen LogP contribution in [0, 0.1) is 0 Å². The van der Waals surface area contributed by atoms with Gasteiger partial charge >= 0.3 is 0 Å². The zero-order chi connectivity index (χ0) is 21.0. The molecular weight excluding hydrogens is 402 g/mol. The normalized spacial score (nSPS) is 19.5. The van der Waals surface area contributed by atoms with Crippen molar-refractivity contribution < 1.29 is 17.9 Å². The predicted molar refractivity (Wildman–Crippen MR) is 115 cm³/mol. The summed E-state index contributed by atoms with van der Waals surface area (Å²) in [5, 5.41) is 2.94. The fourth-order valence-electron chi connectivity index (χ4n) is 4.04. The van der Waals surface area contributed by atoms with E-state index in [4.69, 9.17) is 4.74 Å². The molecule has 2 aromatic rings.